The van der Waals surface area contributed by atoms with Crippen LogP contribution in [0.15, 0.2) is 43.1 Å². The summed E-state index contributed by atoms with van der Waals surface area (Å²) in [7, 11) is 1.99. The van der Waals surface area contributed by atoms with Crippen molar-refractivity contribution in [3.05, 3.63) is 66.0 Å². The SMILES string of the molecule is CC.CC.CC.CC(C)(C)c1ccccn1.CC(C)(C)c1cn2c(n1)C[C@H](C(C)(C)C)CC2.Cn1cnc(C(C)(C)C)c1. The maximum Gasteiger partial charge on any atom is 0.109 e. The molecule has 3 aromatic heterocycles. The monoisotopic (exact) mass is 598 g/mol. The Kier molecular flexibility index (Phi) is 18.9. The number of imidazole rings is 2. The molecule has 248 valence electrons. The van der Waals surface area contributed by atoms with Gasteiger partial charge in [-0.15, -0.1) is 0 Å². The Morgan fingerprint density at radius 3 is 1.49 bits per heavy atom. The predicted molar refractivity (Wildman–Crippen MR) is 191 cm³/mol. The molecule has 1 atom stereocenters. The molecule has 1 aliphatic rings. The molecule has 0 spiro atoms. The molecule has 43 heavy (non-hydrogen) atoms. The van der Waals surface area contributed by atoms with Crippen molar-refractivity contribution in [2.75, 3.05) is 0 Å². The lowest BCUT2D eigenvalue weighted by Gasteiger charge is -2.34. The van der Waals surface area contributed by atoms with Gasteiger partial charge in [-0.2, -0.15) is 0 Å². The van der Waals surface area contributed by atoms with Crippen molar-refractivity contribution in [2.24, 2.45) is 18.4 Å². The van der Waals surface area contributed by atoms with Gasteiger partial charge in [0.05, 0.1) is 17.7 Å². The molecule has 0 aromatic carbocycles. The predicted octanol–water partition coefficient (Wildman–Crippen LogP) is 11.0. The fraction of sp³-hybridized carbons (Fsp3) is 0.711. The number of hydrogen-bond acceptors (Lipinski definition) is 3. The van der Waals surface area contributed by atoms with E-state index in [0.29, 0.717) is 5.41 Å². The first kappa shape index (κ1) is 42.7. The van der Waals surface area contributed by atoms with Crippen LogP contribution in [-0.2, 0) is 36.3 Å². The fourth-order valence-electron chi connectivity index (χ4n) is 4.14. The third-order valence-corrected chi connectivity index (χ3v) is 6.91. The minimum atomic E-state index is 0.168. The maximum atomic E-state index is 4.85. The molecule has 3 aromatic rings. The largest absolute Gasteiger partial charge is 0.340 e. The first-order chi connectivity index (χ1) is 19.8. The highest BCUT2D eigenvalue weighted by atomic mass is 15.1. The van der Waals surface area contributed by atoms with Gasteiger partial charge < -0.3 is 9.13 Å². The zero-order chi connectivity index (χ0) is 34.2. The van der Waals surface area contributed by atoms with Gasteiger partial charge >= 0.3 is 0 Å². The van der Waals surface area contributed by atoms with E-state index in [0.717, 1.165) is 30.3 Å². The van der Waals surface area contributed by atoms with Crippen LogP contribution < -0.4 is 0 Å². The van der Waals surface area contributed by atoms with Crippen molar-refractivity contribution < 1.29 is 0 Å². The summed E-state index contributed by atoms with van der Waals surface area (Å²) in [5.41, 5.74) is 4.47. The van der Waals surface area contributed by atoms with Crippen molar-refractivity contribution in [3.63, 3.8) is 0 Å². The quantitative estimate of drug-likeness (QED) is 0.259. The average molecular weight is 598 g/mol. The summed E-state index contributed by atoms with van der Waals surface area (Å²) in [5, 5.41) is 0. The third-order valence-electron chi connectivity index (χ3n) is 6.91. The Hall–Kier alpha value is -2.43. The number of nitrogens with zero attached hydrogens (tertiary/aromatic N) is 5. The zero-order valence-electron chi connectivity index (χ0n) is 32.0. The summed E-state index contributed by atoms with van der Waals surface area (Å²) in [6, 6.07) is 6.02. The van der Waals surface area contributed by atoms with E-state index in [2.05, 4.69) is 116 Å². The topological polar surface area (TPSA) is 48.5 Å². The van der Waals surface area contributed by atoms with E-state index < -0.39 is 0 Å². The van der Waals surface area contributed by atoms with E-state index in [1.165, 1.54) is 17.9 Å². The van der Waals surface area contributed by atoms with Crippen LogP contribution >= 0.6 is 0 Å². The lowest BCUT2D eigenvalue weighted by Crippen LogP contribution is -2.29. The first-order valence-corrected chi connectivity index (χ1v) is 16.7. The molecule has 5 nitrogen and oxygen atoms in total. The molecule has 0 aliphatic carbocycles. The number of rotatable bonds is 0. The minimum absolute atomic E-state index is 0.168. The van der Waals surface area contributed by atoms with Crippen LogP contribution in [-0.4, -0.2) is 24.1 Å². The van der Waals surface area contributed by atoms with Gasteiger partial charge in [0.1, 0.15) is 5.82 Å². The molecular weight excluding hydrogens is 526 g/mol. The summed E-state index contributed by atoms with van der Waals surface area (Å²) >= 11 is 0. The van der Waals surface area contributed by atoms with E-state index in [4.69, 9.17) is 4.98 Å². The number of aryl methyl sites for hydroxylation is 2. The van der Waals surface area contributed by atoms with E-state index >= 15 is 0 Å². The van der Waals surface area contributed by atoms with E-state index in [1.54, 1.807) is 0 Å². The summed E-state index contributed by atoms with van der Waals surface area (Å²) in [5.74, 6) is 2.06. The van der Waals surface area contributed by atoms with Gasteiger partial charge in [0.15, 0.2) is 0 Å². The van der Waals surface area contributed by atoms with Gasteiger partial charge in [-0.25, -0.2) is 9.97 Å². The Morgan fingerprint density at radius 2 is 1.16 bits per heavy atom. The van der Waals surface area contributed by atoms with E-state index in [1.807, 2.05) is 77.8 Å². The summed E-state index contributed by atoms with van der Waals surface area (Å²) in [6.45, 7) is 39.9. The summed E-state index contributed by atoms with van der Waals surface area (Å²) in [6.07, 6.45) is 10.4. The second-order valence-corrected chi connectivity index (χ2v) is 14.7. The van der Waals surface area contributed by atoms with Crippen molar-refractivity contribution in [1.82, 2.24) is 24.1 Å². The standard InChI is InChI=1S/C15H26N2.C9H13N.C8H14N2.3C2H6/c1-14(2,3)11-7-8-17-10-12(15(4,5)6)16-13(17)9-11;1-9(2,3)8-6-4-5-7-10-8;1-8(2,3)7-5-10(4)6-9-7;3*1-2/h10-11H,7-9H2,1-6H3;4-7H,1-3H3;5-6H,1-4H3;3*1-2H3/t11-;;;;;/m1...../s1. The van der Waals surface area contributed by atoms with Crippen LogP contribution in [0.2, 0.25) is 0 Å². The highest BCUT2D eigenvalue weighted by Gasteiger charge is 2.31. The maximum absolute atomic E-state index is 4.85. The van der Waals surface area contributed by atoms with Gasteiger partial charge in [-0.3, -0.25) is 4.98 Å². The lowest BCUT2D eigenvalue weighted by molar-refractivity contribution is 0.193. The van der Waals surface area contributed by atoms with E-state index in [-0.39, 0.29) is 16.2 Å². The Morgan fingerprint density at radius 1 is 0.651 bits per heavy atom. The van der Waals surface area contributed by atoms with Crippen LogP contribution in [0.3, 0.4) is 0 Å². The lowest BCUT2D eigenvalue weighted by atomic mass is 9.75. The average Bonchev–Trinajstić information content (AvgIpc) is 3.59. The van der Waals surface area contributed by atoms with Crippen LogP contribution in [0.25, 0.3) is 0 Å². The second kappa shape index (κ2) is 19.1. The molecule has 0 N–H and O–H groups in total. The minimum Gasteiger partial charge on any atom is -0.340 e. The normalized spacial score (nSPS) is 14.3. The Bertz CT molecular complexity index is 1090. The molecule has 4 rings (SSSR count). The molecule has 0 fully saturated rings. The third kappa shape index (κ3) is 15.7. The van der Waals surface area contributed by atoms with Crippen LogP contribution in [0, 0.1) is 11.3 Å². The fourth-order valence-corrected chi connectivity index (χ4v) is 4.14. The van der Waals surface area contributed by atoms with Crippen molar-refractivity contribution in [3.8, 4) is 0 Å². The van der Waals surface area contributed by atoms with Crippen LogP contribution in [0.4, 0.5) is 0 Å². The number of hydrogen-bond donors (Lipinski definition) is 0. The smallest absolute Gasteiger partial charge is 0.109 e. The molecule has 0 saturated carbocycles. The molecule has 5 heteroatoms. The van der Waals surface area contributed by atoms with Crippen molar-refractivity contribution >= 4 is 0 Å². The number of pyridine rings is 1. The van der Waals surface area contributed by atoms with Gasteiger partial charge in [0.25, 0.3) is 0 Å². The number of fused-ring (bicyclic) bond motifs is 1. The molecule has 0 amide bonds. The highest BCUT2D eigenvalue weighted by Crippen LogP contribution is 2.35. The first-order valence-electron chi connectivity index (χ1n) is 16.7. The van der Waals surface area contributed by atoms with Gasteiger partial charge in [0.2, 0.25) is 0 Å². The van der Waals surface area contributed by atoms with Gasteiger partial charge in [-0.1, -0.05) is 131 Å². The van der Waals surface area contributed by atoms with Crippen molar-refractivity contribution in [1.29, 1.82) is 0 Å². The van der Waals surface area contributed by atoms with E-state index in [9.17, 15) is 0 Å². The zero-order valence-corrected chi connectivity index (χ0v) is 32.0. The highest BCUT2D eigenvalue weighted by molar-refractivity contribution is 5.15. The Balaban J connectivity index is 0. The molecule has 0 bridgehead atoms. The van der Waals surface area contributed by atoms with Crippen LogP contribution in [0.1, 0.15) is 154 Å². The molecule has 1 aliphatic heterocycles. The number of aromatic nitrogens is 5. The van der Waals surface area contributed by atoms with Crippen LogP contribution in [0.5, 0.6) is 0 Å². The van der Waals surface area contributed by atoms with Crippen molar-refractivity contribution in [2.45, 2.75) is 160 Å². The van der Waals surface area contributed by atoms with Gasteiger partial charge in [0, 0.05) is 60.5 Å². The second-order valence-electron chi connectivity index (χ2n) is 14.7. The molecule has 4 heterocycles. The molecular formula is C38H71N5. The molecule has 0 radical (unpaired) electrons. The summed E-state index contributed by atoms with van der Waals surface area (Å²) < 4.78 is 4.34. The van der Waals surface area contributed by atoms with Gasteiger partial charge in [-0.05, 0) is 29.9 Å². The molecule has 0 saturated heterocycles. The Labute approximate surface area is 268 Å². The summed E-state index contributed by atoms with van der Waals surface area (Å²) in [4.78, 5) is 13.3. The molecule has 0 unspecified atom stereocenters.